The van der Waals surface area contributed by atoms with Crippen LogP contribution < -0.4 is 9.62 Å². The van der Waals surface area contributed by atoms with Crippen molar-refractivity contribution in [2.75, 3.05) is 37.0 Å². The van der Waals surface area contributed by atoms with Crippen LogP contribution in [0.1, 0.15) is 43.2 Å². The van der Waals surface area contributed by atoms with Gasteiger partial charge in [-0.3, -0.25) is 9.10 Å². The number of anilines is 1. The Labute approximate surface area is 203 Å². The van der Waals surface area contributed by atoms with Gasteiger partial charge in [0.1, 0.15) is 6.54 Å². The second kappa shape index (κ2) is 11.9. The van der Waals surface area contributed by atoms with Crippen LogP contribution in [0.15, 0.2) is 47.4 Å². The third-order valence-corrected chi connectivity index (χ3v) is 8.02. The van der Waals surface area contributed by atoms with Crippen molar-refractivity contribution in [1.29, 1.82) is 0 Å². The number of hydrogen-bond acceptors (Lipinski definition) is 4. The van der Waals surface area contributed by atoms with Gasteiger partial charge in [0.15, 0.2) is 0 Å². The van der Waals surface area contributed by atoms with E-state index >= 15 is 0 Å². The quantitative estimate of drug-likeness (QED) is 0.523. The second-order valence-corrected chi connectivity index (χ2v) is 11.0. The summed E-state index contributed by atoms with van der Waals surface area (Å²) in [6.07, 6.45) is 5.89. The molecule has 33 heavy (non-hydrogen) atoms. The third kappa shape index (κ3) is 7.19. The minimum absolute atomic E-state index is 0.140. The highest BCUT2D eigenvalue weighted by molar-refractivity contribution is 7.92. The van der Waals surface area contributed by atoms with Crippen LogP contribution in [0.2, 0.25) is 5.02 Å². The molecule has 0 radical (unpaired) electrons. The van der Waals surface area contributed by atoms with Crippen molar-refractivity contribution in [3.8, 4) is 0 Å². The predicted octanol–water partition coefficient (Wildman–Crippen LogP) is 4.53. The number of halogens is 1. The molecule has 2 aromatic carbocycles. The van der Waals surface area contributed by atoms with Gasteiger partial charge in [-0.15, -0.1) is 0 Å². The molecule has 0 atom stereocenters. The Hall–Kier alpha value is -2.09. The molecule has 0 spiro atoms. The Morgan fingerprint density at radius 2 is 1.70 bits per heavy atom. The Kier molecular flexibility index (Phi) is 9.18. The highest BCUT2D eigenvalue weighted by atomic mass is 35.5. The molecule has 1 aliphatic rings. The number of amides is 1. The molecule has 1 heterocycles. The van der Waals surface area contributed by atoms with Crippen LogP contribution in [0.25, 0.3) is 0 Å². The van der Waals surface area contributed by atoms with Crippen molar-refractivity contribution < 1.29 is 13.2 Å². The summed E-state index contributed by atoms with van der Waals surface area (Å²) >= 11 is 6.18. The van der Waals surface area contributed by atoms with Gasteiger partial charge in [0, 0.05) is 11.6 Å². The second-order valence-electron chi connectivity index (χ2n) is 8.71. The maximum absolute atomic E-state index is 13.5. The Bertz CT molecular complexity index is 1030. The van der Waals surface area contributed by atoms with E-state index in [0.29, 0.717) is 17.3 Å². The van der Waals surface area contributed by atoms with Crippen LogP contribution in [0.4, 0.5) is 5.69 Å². The molecule has 1 amide bonds. The fourth-order valence-corrected chi connectivity index (χ4v) is 5.71. The molecule has 0 saturated carbocycles. The lowest BCUT2D eigenvalue weighted by molar-refractivity contribution is -0.119. The zero-order chi connectivity index (χ0) is 23.8. The van der Waals surface area contributed by atoms with Crippen molar-refractivity contribution in [2.24, 2.45) is 0 Å². The van der Waals surface area contributed by atoms with E-state index in [4.69, 9.17) is 11.6 Å². The molecule has 8 heteroatoms. The van der Waals surface area contributed by atoms with Gasteiger partial charge in [-0.05, 0) is 82.6 Å². The highest BCUT2D eigenvalue weighted by Gasteiger charge is 2.28. The van der Waals surface area contributed by atoms with Crippen LogP contribution in [0, 0.1) is 13.8 Å². The number of carbonyl (C=O) groups is 1. The van der Waals surface area contributed by atoms with Gasteiger partial charge in [-0.2, -0.15) is 0 Å². The number of nitrogens with zero attached hydrogens (tertiary/aromatic N) is 2. The van der Waals surface area contributed by atoms with Gasteiger partial charge in [-0.1, -0.05) is 48.2 Å². The van der Waals surface area contributed by atoms with Crippen LogP contribution in [-0.2, 0) is 14.8 Å². The molecule has 1 fully saturated rings. The number of nitrogens with one attached hydrogen (secondary N) is 1. The monoisotopic (exact) mass is 491 g/mol. The summed E-state index contributed by atoms with van der Waals surface area (Å²) in [7, 11) is -3.95. The normalized spacial score (nSPS) is 15.1. The number of carbonyl (C=O) groups excluding carboxylic acids is 1. The fourth-order valence-electron chi connectivity index (χ4n) is 4.06. The molecule has 0 aromatic heterocycles. The van der Waals surface area contributed by atoms with E-state index in [1.54, 1.807) is 42.5 Å². The average Bonchev–Trinajstić information content (AvgIpc) is 3.06. The predicted molar refractivity (Wildman–Crippen MR) is 134 cm³/mol. The summed E-state index contributed by atoms with van der Waals surface area (Å²) in [6.45, 7) is 7.09. The minimum atomic E-state index is -3.95. The molecule has 1 saturated heterocycles. The molecular formula is C25H34ClN3O3S. The molecule has 0 aliphatic carbocycles. The SMILES string of the molecule is Cc1ccc(S(=O)(=O)N(CC(=O)NCCCN2CCCCCC2)c2cc(Cl)ccc2C)cc1. The number of likely N-dealkylation sites (tertiary alicyclic amines) is 1. The van der Waals surface area contributed by atoms with E-state index in [1.165, 1.54) is 25.7 Å². The van der Waals surface area contributed by atoms with E-state index in [9.17, 15) is 13.2 Å². The number of benzene rings is 2. The highest BCUT2D eigenvalue weighted by Crippen LogP contribution is 2.29. The largest absolute Gasteiger partial charge is 0.354 e. The molecule has 3 rings (SSSR count). The van der Waals surface area contributed by atoms with Crippen LogP contribution in [0.5, 0.6) is 0 Å². The summed E-state index contributed by atoms with van der Waals surface area (Å²) in [6, 6.07) is 11.7. The van der Waals surface area contributed by atoms with E-state index < -0.39 is 10.0 Å². The van der Waals surface area contributed by atoms with Crippen LogP contribution in [-0.4, -0.2) is 51.9 Å². The molecule has 0 bridgehead atoms. The van der Waals surface area contributed by atoms with Gasteiger partial charge in [-0.25, -0.2) is 8.42 Å². The van der Waals surface area contributed by atoms with Crippen molar-refractivity contribution in [1.82, 2.24) is 10.2 Å². The first kappa shape index (κ1) is 25.5. The molecule has 180 valence electrons. The molecule has 0 unspecified atom stereocenters. The van der Waals surface area contributed by atoms with Crippen molar-refractivity contribution in [3.63, 3.8) is 0 Å². The van der Waals surface area contributed by atoms with E-state index in [-0.39, 0.29) is 17.3 Å². The molecule has 6 nitrogen and oxygen atoms in total. The van der Waals surface area contributed by atoms with Crippen LogP contribution >= 0.6 is 11.6 Å². The maximum atomic E-state index is 13.5. The Balaban J connectivity index is 1.71. The van der Waals surface area contributed by atoms with Crippen molar-refractivity contribution in [2.45, 2.75) is 50.8 Å². The van der Waals surface area contributed by atoms with E-state index in [1.807, 2.05) is 13.8 Å². The van der Waals surface area contributed by atoms with Gasteiger partial charge in [0.2, 0.25) is 5.91 Å². The van der Waals surface area contributed by atoms with Gasteiger partial charge in [0.05, 0.1) is 10.6 Å². The van der Waals surface area contributed by atoms with E-state index in [2.05, 4.69) is 10.2 Å². The molecule has 1 N–H and O–H groups in total. The summed E-state index contributed by atoms with van der Waals surface area (Å²) < 4.78 is 28.2. The maximum Gasteiger partial charge on any atom is 0.264 e. The van der Waals surface area contributed by atoms with E-state index in [0.717, 1.165) is 41.5 Å². The van der Waals surface area contributed by atoms with Crippen molar-refractivity contribution >= 4 is 33.2 Å². The minimum Gasteiger partial charge on any atom is -0.354 e. The first-order valence-corrected chi connectivity index (χ1v) is 13.4. The first-order chi connectivity index (χ1) is 15.8. The Morgan fingerprint density at radius 3 is 2.36 bits per heavy atom. The summed E-state index contributed by atoms with van der Waals surface area (Å²) in [5, 5.41) is 3.31. The zero-order valence-corrected chi connectivity index (χ0v) is 21.1. The molecular weight excluding hydrogens is 458 g/mol. The fraction of sp³-hybridized carbons (Fsp3) is 0.480. The number of sulfonamides is 1. The number of aryl methyl sites for hydroxylation is 2. The summed E-state index contributed by atoms with van der Waals surface area (Å²) in [5.74, 6) is -0.332. The smallest absolute Gasteiger partial charge is 0.264 e. The molecule has 2 aromatic rings. The van der Waals surface area contributed by atoms with Gasteiger partial charge in [0.25, 0.3) is 10.0 Å². The van der Waals surface area contributed by atoms with Crippen molar-refractivity contribution in [3.05, 3.63) is 58.6 Å². The zero-order valence-electron chi connectivity index (χ0n) is 19.5. The lowest BCUT2D eigenvalue weighted by atomic mass is 10.2. The Morgan fingerprint density at radius 1 is 1.03 bits per heavy atom. The van der Waals surface area contributed by atoms with Gasteiger partial charge < -0.3 is 10.2 Å². The van der Waals surface area contributed by atoms with Gasteiger partial charge >= 0.3 is 0 Å². The molecule has 1 aliphatic heterocycles. The number of hydrogen-bond donors (Lipinski definition) is 1. The standard InChI is InChI=1S/C25H34ClN3O3S/c1-20-8-12-23(13-9-20)33(31,32)29(24-18-22(26)11-10-21(24)2)19-25(30)27-14-7-17-28-15-5-3-4-6-16-28/h8-13,18H,3-7,14-17,19H2,1-2H3,(H,27,30). The third-order valence-electron chi connectivity index (χ3n) is 6.01. The summed E-state index contributed by atoms with van der Waals surface area (Å²) in [5.41, 5.74) is 2.09. The van der Waals surface area contributed by atoms with Crippen LogP contribution in [0.3, 0.4) is 0 Å². The lowest BCUT2D eigenvalue weighted by Gasteiger charge is -2.26. The first-order valence-electron chi connectivity index (χ1n) is 11.6. The average molecular weight is 492 g/mol. The summed E-state index contributed by atoms with van der Waals surface area (Å²) in [4.78, 5) is 15.4. The number of rotatable bonds is 9. The lowest BCUT2D eigenvalue weighted by Crippen LogP contribution is -2.42. The topological polar surface area (TPSA) is 69.7 Å².